The van der Waals surface area contributed by atoms with Gasteiger partial charge in [0.05, 0.1) is 5.39 Å². The highest BCUT2D eigenvalue weighted by Crippen LogP contribution is 2.28. The summed E-state index contributed by atoms with van der Waals surface area (Å²) in [5.74, 6) is -0.613. The lowest BCUT2D eigenvalue weighted by atomic mass is 10.0. The molecule has 0 bridgehead atoms. The van der Waals surface area contributed by atoms with E-state index in [9.17, 15) is 14.4 Å². The fourth-order valence-electron chi connectivity index (χ4n) is 3.53. The molecule has 31 heavy (non-hydrogen) atoms. The Morgan fingerprint density at radius 3 is 2.23 bits per heavy atom. The minimum atomic E-state index is -1.45. The molecule has 0 unspecified atom stereocenters. The minimum absolute atomic E-state index is 0.406. The summed E-state index contributed by atoms with van der Waals surface area (Å²) in [5.41, 5.74) is -1.20. The summed E-state index contributed by atoms with van der Waals surface area (Å²) in [6.45, 7) is 12.6. The summed E-state index contributed by atoms with van der Waals surface area (Å²) in [5, 5.41) is 0.492. The van der Waals surface area contributed by atoms with Crippen LogP contribution < -0.4 is 11.2 Å². The molecule has 0 aliphatic heterocycles. The molecule has 0 aliphatic carbocycles. The maximum Gasteiger partial charge on any atom is 0.333 e. The second-order valence-corrected chi connectivity index (χ2v) is 10.5. The lowest BCUT2D eigenvalue weighted by Gasteiger charge is -2.30. The van der Waals surface area contributed by atoms with Crippen molar-refractivity contribution in [2.24, 2.45) is 0 Å². The van der Waals surface area contributed by atoms with Crippen LogP contribution >= 0.6 is 11.3 Å². The number of hydrogen-bond donors (Lipinski definition) is 0. The van der Waals surface area contributed by atoms with Crippen LogP contribution in [-0.2, 0) is 28.0 Å². The van der Waals surface area contributed by atoms with E-state index in [0.29, 0.717) is 23.2 Å². The van der Waals surface area contributed by atoms with Gasteiger partial charge in [-0.2, -0.15) is 0 Å². The molecular weight excluding hydrogens is 412 g/mol. The number of esters is 1. The van der Waals surface area contributed by atoms with Crippen LogP contribution in [0.2, 0.25) is 0 Å². The number of carbonyl (C=O) groups is 1. The van der Waals surface area contributed by atoms with Crippen LogP contribution in [0.3, 0.4) is 0 Å². The fraction of sp³-hybridized carbons (Fsp3) is 0.458. The topological polar surface area (TPSA) is 70.3 Å². The van der Waals surface area contributed by atoms with E-state index in [1.54, 1.807) is 39.2 Å². The zero-order valence-electron chi connectivity index (χ0n) is 19.2. The average molecular weight is 443 g/mol. The van der Waals surface area contributed by atoms with Gasteiger partial charge in [-0.25, -0.2) is 14.2 Å². The molecule has 6 nitrogen and oxygen atoms in total. The summed E-state index contributed by atoms with van der Waals surface area (Å²) in [4.78, 5) is 41.7. The SMILES string of the molecule is Cc1sc2c(c1C)c(=O)n(C(C)(C)C(=O)OC(C)(C)C)c(=O)n2CCc1ccccc1. The zero-order chi connectivity index (χ0) is 23.1. The molecule has 0 fully saturated rings. The number of rotatable bonds is 5. The highest BCUT2D eigenvalue weighted by atomic mass is 32.1. The summed E-state index contributed by atoms with van der Waals surface area (Å²) >= 11 is 1.44. The van der Waals surface area contributed by atoms with Crippen LogP contribution in [0.15, 0.2) is 39.9 Å². The van der Waals surface area contributed by atoms with Gasteiger partial charge in [-0.15, -0.1) is 11.3 Å². The van der Waals surface area contributed by atoms with Crippen LogP contribution in [-0.4, -0.2) is 20.7 Å². The molecule has 0 spiro atoms. The van der Waals surface area contributed by atoms with Crippen molar-refractivity contribution in [1.82, 2.24) is 9.13 Å². The van der Waals surface area contributed by atoms with E-state index in [1.807, 2.05) is 44.2 Å². The monoisotopic (exact) mass is 442 g/mol. The van der Waals surface area contributed by atoms with Gasteiger partial charge in [0.15, 0.2) is 0 Å². The third-order valence-corrected chi connectivity index (χ3v) is 6.61. The quantitative estimate of drug-likeness (QED) is 0.556. The third kappa shape index (κ3) is 4.37. The van der Waals surface area contributed by atoms with Crippen molar-refractivity contribution in [3.05, 3.63) is 67.2 Å². The second-order valence-electron chi connectivity index (χ2n) is 9.33. The highest BCUT2D eigenvalue weighted by Gasteiger charge is 2.38. The van der Waals surface area contributed by atoms with E-state index in [1.165, 1.54) is 11.3 Å². The summed E-state index contributed by atoms with van der Waals surface area (Å²) in [6.07, 6.45) is 0.636. The molecule has 0 amide bonds. The first-order valence-corrected chi connectivity index (χ1v) is 11.2. The van der Waals surface area contributed by atoms with Gasteiger partial charge >= 0.3 is 11.7 Å². The molecule has 0 N–H and O–H groups in total. The summed E-state index contributed by atoms with van der Waals surface area (Å²) in [6, 6.07) is 9.88. The van der Waals surface area contributed by atoms with E-state index >= 15 is 0 Å². The van der Waals surface area contributed by atoms with Crippen molar-refractivity contribution < 1.29 is 9.53 Å². The van der Waals surface area contributed by atoms with Gasteiger partial charge in [-0.1, -0.05) is 30.3 Å². The van der Waals surface area contributed by atoms with Crippen molar-refractivity contribution in [2.45, 2.75) is 72.6 Å². The Balaban J connectivity index is 2.22. The Kier molecular flexibility index (Phi) is 6.02. The summed E-state index contributed by atoms with van der Waals surface area (Å²) in [7, 11) is 0. The van der Waals surface area contributed by atoms with Crippen LogP contribution in [0.1, 0.15) is 50.6 Å². The molecule has 166 valence electrons. The van der Waals surface area contributed by atoms with Gasteiger partial charge in [0.2, 0.25) is 0 Å². The standard InChI is InChI=1S/C24H30N2O4S/c1-15-16(2)31-20-18(15)19(27)26(24(6,7)21(28)30-23(3,4)5)22(29)25(20)14-13-17-11-9-8-10-12-17/h8-12H,13-14H2,1-7H3. The fourth-order valence-corrected chi connectivity index (χ4v) is 4.69. The molecule has 3 rings (SSSR count). The number of aromatic nitrogens is 2. The highest BCUT2D eigenvalue weighted by molar-refractivity contribution is 7.18. The normalized spacial score (nSPS) is 12.4. The molecule has 0 atom stereocenters. The molecule has 1 aromatic carbocycles. The molecule has 0 radical (unpaired) electrons. The molecule has 0 saturated heterocycles. The molecule has 0 aliphatic rings. The maximum atomic E-state index is 13.6. The van der Waals surface area contributed by atoms with Crippen LogP contribution in [0.5, 0.6) is 0 Å². The average Bonchev–Trinajstić information content (AvgIpc) is 2.95. The number of hydrogen-bond acceptors (Lipinski definition) is 5. The van der Waals surface area contributed by atoms with E-state index in [0.717, 1.165) is 20.6 Å². The van der Waals surface area contributed by atoms with Gasteiger partial charge in [0, 0.05) is 11.4 Å². The van der Waals surface area contributed by atoms with Gasteiger partial charge in [0.1, 0.15) is 16.0 Å². The number of carbonyl (C=O) groups excluding carboxylic acids is 1. The van der Waals surface area contributed by atoms with E-state index in [-0.39, 0.29) is 0 Å². The van der Waals surface area contributed by atoms with Crippen molar-refractivity contribution in [1.29, 1.82) is 0 Å². The number of ether oxygens (including phenoxy) is 1. The van der Waals surface area contributed by atoms with E-state index in [4.69, 9.17) is 4.74 Å². The van der Waals surface area contributed by atoms with E-state index in [2.05, 4.69) is 0 Å². The van der Waals surface area contributed by atoms with Crippen LogP contribution in [0, 0.1) is 13.8 Å². The van der Waals surface area contributed by atoms with Crippen molar-refractivity contribution >= 4 is 27.5 Å². The largest absolute Gasteiger partial charge is 0.458 e. The Labute approximate surface area is 186 Å². The molecule has 2 heterocycles. The Bertz CT molecular complexity index is 1240. The number of aryl methyl sites for hydroxylation is 4. The third-order valence-electron chi connectivity index (χ3n) is 5.38. The van der Waals surface area contributed by atoms with Gasteiger partial charge in [-0.05, 0) is 66.0 Å². The van der Waals surface area contributed by atoms with Crippen molar-refractivity contribution in [3.8, 4) is 0 Å². The van der Waals surface area contributed by atoms with Crippen LogP contribution in [0.25, 0.3) is 10.2 Å². The second kappa shape index (κ2) is 8.11. The van der Waals surface area contributed by atoms with Gasteiger partial charge in [0.25, 0.3) is 5.56 Å². The number of benzene rings is 1. The van der Waals surface area contributed by atoms with Crippen LogP contribution in [0.4, 0.5) is 0 Å². The molecular formula is C24H30N2O4S. The Morgan fingerprint density at radius 2 is 1.65 bits per heavy atom. The van der Waals surface area contributed by atoms with Gasteiger partial charge < -0.3 is 4.74 Å². The summed E-state index contributed by atoms with van der Waals surface area (Å²) < 4.78 is 8.23. The minimum Gasteiger partial charge on any atom is -0.458 e. The van der Waals surface area contributed by atoms with Crippen molar-refractivity contribution in [3.63, 3.8) is 0 Å². The first-order valence-electron chi connectivity index (χ1n) is 10.4. The smallest absolute Gasteiger partial charge is 0.333 e. The Hall–Kier alpha value is -2.67. The predicted octanol–water partition coefficient (Wildman–Crippen LogP) is 4.16. The zero-order valence-corrected chi connectivity index (χ0v) is 20.1. The maximum absolute atomic E-state index is 13.6. The molecule has 7 heteroatoms. The van der Waals surface area contributed by atoms with Crippen molar-refractivity contribution in [2.75, 3.05) is 0 Å². The molecule has 0 saturated carbocycles. The first kappa shape index (κ1) is 23.0. The predicted molar refractivity (Wildman–Crippen MR) is 125 cm³/mol. The first-order chi connectivity index (χ1) is 14.3. The lowest BCUT2D eigenvalue weighted by molar-refractivity contribution is -0.164. The number of thiophene rings is 1. The lowest BCUT2D eigenvalue weighted by Crippen LogP contribution is -2.54. The van der Waals surface area contributed by atoms with Gasteiger partial charge in [-0.3, -0.25) is 9.36 Å². The van der Waals surface area contributed by atoms with E-state index < -0.39 is 28.4 Å². The number of nitrogens with zero attached hydrogens (tertiary/aromatic N) is 2. The number of fused-ring (bicyclic) bond motifs is 1. The molecule has 3 aromatic rings. The molecule has 2 aromatic heterocycles. The Morgan fingerprint density at radius 1 is 1.03 bits per heavy atom.